The molecule has 1 aromatic heterocycles. The number of rotatable bonds is 7. The first kappa shape index (κ1) is 14.6. The number of nitrogens with zero attached hydrogens (tertiary/aromatic N) is 1. The van der Waals surface area contributed by atoms with Gasteiger partial charge in [-0.15, -0.1) is 0 Å². The van der Waals surface area contributed by atoms with Crippen molar-refractivity contribution in [2.24, 2.45) is 0 Å². The number of esters is 1. The van der Waals surface area contributed by atoms with Crippen molar-refractivity contribution in [3.05, 3.63) is 29.6 Å². The molecule has 0 aromatic carbocycles. The van der Waals surface area contributed by atoms with E-state index in [0.29, 0.717) is 13.2 Å². The van der Waals surface area contributed by atoms with Gasteiger partial charge in [0.25, 0.3) is 0 Å². The number of aromatic nitrogens is 1. The molecule has 0 saturated carbocycles. The fraction of sp³-hybridized carbons (Fsp3) is 0.571. The van der Waals surface area contributed by atoms with Crippen molar-refractivity contribution >= 4 is 5.97 Å². The van der Waals surface area contributed by atoms with Crippen LogP contribution in [-0.4, -0.2) is 23.6 Å². The van der Waals surface area contributed by atoms with Crippen LogP contribution in [0.1, 0.15) is 37.9 Å². The molecule has 1 unspecified atom stereocenters. The van der Waals surface area contributed by atoms with Crippen LogP contribution in [0, 0.1) is 6.92 Å². The second-order valence-corrected chi connectivity index (χ2v) is 4.24. The molecule has 1 rings (SSSR count). The van der Waals surface area contributed by atoms with E-state index in [4.69, 9.17) is 4.74 Å². The summed E-state index contributed by atoms with van der Waals surface area (Å²) in [6.07, 6.45) is 3.49. The van der Waals surface area contributed by atoms with Gasteiger partial charge in [0, 0.05) is 12.7 Å². The summed E-state index contributed by atoms with van der Waals surface area (Å²) in [5, 5.41) is 3.23. The highest BCUT2D eigenvalue weighted by molar-refractivity contribution is 5.75. The summed E-state index contributed by atoms with van der Waals surface area (Å²) in [5.74, 6) is -0.173. The number of carbonyl (C=O) groups is 1. The van der Waals surface area contributed by atoms with E-state index in [1.54, 1.807) is 6.20 Å². The molecule has 100 valence electrons. The molecule has 1 aromatic rings. The number of carbonyl (C=O) groups excluding carboxylic acids is 1. The Morgan fingerprint density at radius 3 is 2.89 bits per heavy atom. The van der Waals surface area contributed by atoms with Crippen molar-refractivity contribution < 1.29 is 9.53 Å². The Balaban J connectivity index is 2.57. The summed E-state index contributed by atoms with van der Waals surface area (Å²) in [7, 11) is 0. The number of ether oxygens (including phenoxy) is 1. The summed E-state index contributed by atoms with van der Waals surface area (Å²) in [6.45, 7) is 6.91. The van der Waals surface area contributed by atoms with Gasteiger partial charge in [0.05, 0.1) is 12.3 Å². The van der Waals surface area contributed by atoms with Crippen LogP contribution in [0.2, 0.25) is 0 Å². The smallest absolute Gasteiger partial charge is 0.323 e. The van der Waals surface area contributed by atoms with Gasteiger partial charge in [-0.3, -0.25) is 15.1 Å². The standard InChI is InChI=1S/C14H22N2O2/c1-4-7-12(14(17)18-5-2)16-10-13-11(3)8-6-9-15-13/h6,8-9,12,16H,4-5,7,10H2,1-3H3. The molecule has 0 radical (unpaired) electrons. The van der Waals surface area contributed by atoms with Crippen LogP contribution in [0.4, 0.5) is 0 Å². The third-order valence-corrected chi connectivity index (χ3v) is 2.78. The van der Waals surface area contributed by atoms with E-state index >= 15 is 0 Å². The lowest BCUT2D eigenvalue weighted by molar-refractivity contribution is -0.145. The molecule has 0 fully saturated rings. The molecule has 0 saturated heterocycles. The minimum absolute atomic E-state index is 0.173. The van der Waals surface area contributed by atoms with E-state index < -0.39 is 0 Å². The Morgan fingerprint density at radius 2 is 2.28 bits per heavy atom. The third-order valence-electron chi connectivity index (χ3n) is 2.78. The quantitative estimate of drug-likeness (QED) is 0.754. The van der Waals surface area contributed by atoms with Gasteiger partial charge >= 0.3 is 5.97 Å². The largest absolute Gasteiger partial charge is 0.465 e. The Morgan fingerprint density at radius 1 is 1.50 bits per heavy atom. The maximum Gasteiger partial charge on any atom is 0.323 e. The molecule has 4 nitrogen and oxygen atoms in total. The normalized spacial score (nSPS) is 12.2. The zero-order valence-corrected chi connectivity index (χ0v) is 11.4. The van der Waals surface area contributed by atoms with E-state index in [1.807, 2.05) is 26.0 Å². The number of hydrogen-bond donors (Lipinski definition) is 1. The zero-order valence-electron chi connectivity index (χ0n) is 11.4. The molecule has 0 amide bonds. The molecule has 0 aliphatic heterocycles. The van der Waals surface area contributed by atoms with Gasteiger partial charge in [-0.05, 0) is 31.9 Å². The Bertz CT molecular complexity index is 380. The van der Waals surface area contributed by atoms with E-state index in [1.165, 1.54) is 0 Å². The molecular weight excluding hydrogens is 228 g/mol. The van der Waals surface area contributed by atoms with Crippen molar-refractivity contribution in [2.75, 3.05) is 6.61 Å². The van der Waals surface area contributed by atoms with Crippen molar-refractivity contribution in [2.45, 2.75) is 46.2 Å². The Kier molecular flexibility index (Phi) is 6.36. The van der Waals surface area contributed by atoms with Gasteiger partial charge in [0.15, 0.2) is 0 Å². The molecule has 0 aliphatic carbocycles. The SMILES string of the molecule is CCCC(NCc1ncccc1C)C(=O)OCC. The summed E-state index contributed by atoms with van der Waals surface area (Å²) in [4.78, 5) is 16.0. The van der Waals surface area contributed by atoms with Gasteiger partial charge in [-0.1, -0.05) is 19.4 Å². The lowest BCUT2D eigenvalue weighted by Crippen LogP contribution is -2.37. The average molecular weight is 250 g/mol. The molecule has 1 N–H and O–H groups in total. The maximum atomic E-state index is 11.7. The van der Waals surface area contributed by atoms with Crippen molar-refractivity contribution in [3.8, 4) is 0 Å². The fourth-order valence-corrected chi connectivity index (χ4v) is 1.76. The van der Waals surface area contributed by atoms with Crippen molar-refractivity contribution in [1.29, 1.82) is 0 Å². The predicted molar refractivity (Wildman–Crippen MR) is 71.1 cm³/mol. The first-order valence-corrected chi connectivity index (χ1v) is 6.49. The lowest BCUT2D eigenvalue weighted by Gasteiger charge is -2.16. The molecule has 0 spiro atoms. The van der Waals surface area contributed by atoms with Crippen LogP contribution in [0.5, 0.6) is 0 Å². The molecule has 0 aliphatic rings. The Hall–Kier alpha value is -1.42. The minimum atomic E-state index is -0.239. The summed E-state index contributed by atoms with van der Waals surface area (Å²) in [5.41, 5.74) is 2.10. The third kappa shape index (κ3) is 4.45. The highest BCUT2D eigenvalue weighted by Crippen LogP contribution is 2.05. The highest BCUT2D eigenvalue weighted by Gasteiger charge is 2.18. The van der Waals surface area contributed by atoms with E-state index in [0.717, 1.165) is 24.1 Å². The van der Waals surface area contributed by atoms with E-state index in [-0.39, 0.29) is 12.0 Å². The molecule has 0 bridgehead atoms. The monoisotopic (exact) mass is 250 g/mol. The van der Waals surface area contributed by atoms with Crippen LogP contribution in [-0.2, 0) is 16.1 Å². The fourth-order valence-electron chi connectivity index (χ4n) is 1.76. The van der Waals surface area contributed by atoms with Gasteiger partial charge in [-0.25, -0.2) is 0 Å². The summed E-state index contributed by atoms with van der Waals surface area (Å²) >= 11 is 0. The van der Waals surface area contributed by atoms with Crippen LogP contribution < -0.4 is 5.32 Å². The Labute approximate surface area is 109 Å². The second-order valence-electron chi connectivity index (χ2n) is 4.24. The molecule has 18 heavy (non-hydrogen) atoms. The second kappa shape index (κ2) is 7.82. The number of aryl methyl sites for hydroxylation is 1. The van der Waals surface area contributed by atoms with Crippen LogP contribution >= 0.6 is 0 Å². The molecule has 4 heteroatoms. The van der Waals surface area contributed by atoms with Crippen molar-refractivity contribution in [1.82, 2.24) is 10.3 Å². The first-order valence-electron chi connectivity index (χ1n) is 6.49. The summed E-state index contributed by atoms with van der Waals surface area (Å²) < 4.78 is 5.05. The summed E-state index contributed by atoms with van der Waals surface area (Å²) in [6, 6.07) is 3.69. The number of nitrogens with one attached hydrogen (secondary N) is 1. The van der Waals surface area contributed by atoms with E-state index in [9.17, 15) is 4.79 Å². The topological polar surface area (TPSA) is 51.2 Å². The minimum Gasteiger partial charge on any atom is -0.465 e. The zero-order chi connectivity index (χ0) is 13.4. The number of hydrogen-bond acceptors (Lipinski definition) is 4. The average Bonchev–Trinajstić information content (AvgIpc) is 2.36. The maximum absolute atomic E-state index is 11.7. The predicted octanol–water partition coefficient (Wildman–Crippen LogP) is 2.21. The first-order chi connectivity index (χ1) is 8.69. The van der Waals surface area contributed by atoms with Gasteiger partial charge in [0.1, 0.15) is 6.04 Å². The highest BCUT2D eigenvalue weighted by atomic mass is 16.5. The van der Waals surface area contributed by atoms with Crippen molar-refractivity contribution in [3.63, 3.8) is 0 Å². The molecular formula is C14H22N2O2. The van der Waals surface area contributed by atoms with Gasteiger partial charge < -0.3 is 4.74 Å². The lowest BCUT2D eigenvalue weighted by atomic mass is 10.1. The molecule has 1 atom stereocenters. The van der Waals surface area contributed by atoms with Crippen LogP contribution in [0.15, 0.2) is 18.3 Å². The van der Waals surface area contributed by atoms with Crippen LogP contribution in [0.25, 0.3) is 0 Å². The van der Waals surface area contributed by atoms with Gasteiger partial charge in [0.2, 0.25) is 0 Å². The van der Waals surface area contributed by atoms with E-state index in [2.05, 4.69) is 17.2 Å². The van der Waals surface area contributed by atoms with Gasteiger partial charge in [-0.2, -0.15) is 0 Å². The number of pyridine rings is 1. The molecule has 1 heterocycles. The van der Waals surface area contributed by atoms with Crippen LogP contribution in [0.3, 0.4) is 0 Å².